The lowest BCUT2D eigenvalue weighted by molar-refractivity contribution is 0.0940. The summed E-state index contributed by atoms with van der Waals surface area (Å²) < 4.78 is 0. The van der Waals surface area contributed by atoms with E-state index in [0.29, 0.717) is 6.54 Å². The molecule has 0 saturated carbocycles. The topological polar surface area (TPSA) is 20.3 Å². The maximum absolute atomic E-state index is 11.9. The van der Waals surface area contributed by atoms with Gasteiger partial charge in [0, 0.05) is 13.1 Å². The van der Waals surface area contributed by atoms with Gasteiger partial charge in [-0.3, -0.25) is 9.69 Å². The van der Waals surface area contributed by atoms with Crippen LogP contribution >= 0.6 is 19.3 Å². The van der Waals surface area contributed by atoms with E-state index < -0.39 is 0 Å². The first-order valence-corrected chi connectivity index (χ1v) is 8.58. The molecular formula is C12H18NOPS. The van der Waals surface area contributed by atoms with Gasteiger partial charge in [-0.05, 0) is 29.9 Å². The van der Waals surface area contributed by atoms with E-state index in [2.05, 4.69) is 11.8 Å². The summed E-state index contributed by atoms with van der Waals surface area (Å²) in [5.74, 6) is 0.290. The monoisotopic (exact) mass is 255 g/mol. The fourth-order valence-corrected chi connectivity index (χ4v) is 4.63. The van der Waals surface area contributed by atoms with Crippen molar-refractivity contribution in [3.63, 3.8) is 0 Å². The van der Waals surface area contributed by atoms with E-state index in [1.54, 1.807) is 11.3 Å². The summed E-state index contributed by atoms with van der Waals surface area (Å²) in [6.07, 6.45) is 4.00. The molecule has 0 aromatic carbocycles. The number of rotatable bonds is 4. The summed E-state index contributed by atoms with van der Waals surface area (Å²) in [7, 11) is 0.284. The number of thiophene rings is 1. The van der Waals surface area contributed by atoms with E-state index in [4.69, 9.17) is 0 Å². The lowest BCUT2D eigenvalue weighted by atomic mass is 10.3. The second kappa shape index (κ2) is 5.90. The Morgan fingerprint density at radius 3 is 2.81 bits per heavy atom. The first-order valence-electron chi connectivity index (χ1n) is 5.81. The van der Waals surface area contributed by atoms with Gasteiger partial charge in [0.25, 0.3) is 0 Å². The maximum Gasteiger partial charge on any atom is 0.186 e. The first-order chi connectivity index (χ1) is 7.79. The molecule has 0 radical (unpaired) electrons. The van der Waals surface area contributed by atoms with Crippen molar-refractivity contribution in [1.82, 2.24) is 4.90 Å². The summed E-state index contributed by atoms with van der Waals surface area (Å²) in [5, 5.41) is 1.97. The molecule has 16 heavy (non-hydrogen) atoms. The van der Waals surface area contributed by atoms with Crippen molar-refractivity contribution < 1.29 is 4.79 Å². The quantitative estimate of drug-likeness (QED) is 0.609. The molecular weight excluding hydrogens is 237 g/mol. The summed E-state index contributed by atoms with van der Waals surface area (Å²) in [4.78, 5) is 15.1. The molecule has 0 atom stereocenters. The minimum Gasteiger partial charge on any atom is -0.295 e. The van der Waals surface area contributed by atoms with Crippen LogP contribution in [0.4, 0.5) is 0 Å². The van der Waals surface area contributed by atoms with Crippen LogP contribution in [0.5, 0.6) is 0 Å². The van der Waals surface area contributed by atoms with Gasteiger partial charge in [-0.2, -0.15) is 0 Å². The minimum absolute atomic E-state index is 0.284. The van der Waals surface area contributed by atoms with Crippen LogP contribution in [-0.2, 0) is 0 Å². The molecule has 1 aliphatic rings. The van der Waals surface area contributed by atoms with Gasteiger partial charge in [0.15, 0.2) is 5.78 Å². The molecule has 0 amide bonds. The highest BCUT2D eigenvalue weighted by molar-refractivity contribution is 7.57. The Bertz CT molecular complexity index is 331. The predicted octanol–water partition coefficient (Wildman–Crippen LogP) is 2.75. The van der Waals surface area contributed by atoms with Crippen LogP contribution in [0, 0.1) is 0 Å². The molecule has 2 nitrogen and oxygen atoms in total. The molecule has 0 aliphatic carbocycles. The summed E-state index contributed by atoms with van der Waals surface area (Å²) in [5.41, 5.74) is 0. The number of carbonyl (C=O) groups is 1. The number of nitrogens with zero attached hydrogens (tertiary/aromatic N) is 1. The third kappa shape index (κ3) is 3.13. The van der Waals surface area contributed by atoms with Gasteiger partial charge >= 0.3 is 0 Å². The molecule has 0 spiro atoms. The third-order valence-corrected chi connectivity index (χ3v) is 6.55. The zero-order valence-corrected chi connectivity index (χ0v) is 11.4. The lowest BCUT2D eigenvalue weighted by Crippen LogP contribution is -2.37. The smallest absolute Gasteiger partial charge is 0.186 e. The molecule has 0 bridgehead atoms. The van der Waals surface area contributed by atoms with Gasteiger partial charge in [-0.1, -0.05) is 13.0 Å². The highest BCUT2D eigenvalue weighted by Crippen LogP contribution is 2.36. The Kier molecular flexibility index (Phi) is 4.51. The van der Waals surface area contributed by atoms with E-state index in [0.717, 1.165) is 18.0 Å². The molecule has 1 aromatic heterocycles. The number of hydrogen-bond acceptors (Lipinski definition) is 3. The van der Waals surface area contributed by atoms with Crippen molar-refractivity contribution in [1.29, 1.82) is 0 Å². The highest BCUT2D eigenvalue weighted by Gasteiger charge is 2.19. The summed E-state index contributed by atoms with van der Waals surface area (Å²) >= 11 is 1.55. The largest absolute Gasteiger partial charge is 0.295 e. The molecule has 1 fully saturated rings. The second-order valence-corrected chi connectivity index (χ2v) is 7.93. The van der Waals surface area contributed by atoms with Gasteiger partial charge in [0.2, 0.25) is 0 Å². The molecule has 1 aromatic rings. The third-order valence-electron chi connectivity index (χ3n) is 3.08. The second-order valence-electron chi connectivity index (χ2n) is 4.11. The average Bonchev–Trinajstić information content (AvgIpc) is 2.83. The Morgan fingerprint density at radius 2 is 2.25 bits per heavy atom. The summed E-state index contributed by atoms with van der Waals surface area (Å²) in [6, 6.07) is 3.88. The Balaban J connectivity index is 1.81. The van der Waals surface area contributed by atoms with Crippen molar-refractivity contribution in [3.8, 4) is 0 Å². The standard InChI is InChI=1S/C12H18NOPS/c1-2-15-7-5-13(6-8-15)10-11(14)12-4-3-9-16-12/h3-4,9H,2,5-8,10H2,1H3. The van der Waals surface area contributed by atoms with Crippen LogP contribution in [0.15, 0.2) is 17.5 Å². The van der Waals surface area contributed by atoms with Crippen LogP contribution in [0.2, 0.25) is 0 Å². The number of Topliss-reactive ketones (excluding diaryl/α,β-unsaturated/α-hetero) is 1. The van der Waals surface area contributed by atoms with Crippen molar-refractivity contribution in [2.45, 2.75) is 6.92 Å². The zero-order valence-electron chi connectivity index (χ0n) is 9.69. The van der Waals surface area contributed by atoms with E-state index in [1.165, 1.54) is 18.5 Å². The fourth-order valence-electron chi connectivity index (χ4n) is 1.98. The predicted molar refractivity (Wildman–Crippen MR) is 72.3 cm³/mol. The molecule has 0 unspecified atom stereocenters. The fraction of sp³-hybridized carbons (Fsp3) is 0.583. The Labute approximate surface area is 102 Å². The molecule has 2 rings (SSSR count). The van der Waals surface area contributed by atoms with E-state index in [-0.39, 0.29) is 13.7 Å². The number of hydrogen-bond donors (Lipinski definition) is 0. The molecule has 1 aliphatic heterocycles. The minimum atomic E-state index is 0.284. The molecule has 2 heterocycles. The summed E-state index contributed by atoms with van der Waals surface area (Å²) in [6.45, 7) is 5.15. The zero-order chi connectivity index (χ0) is 11.4. The van der Waals surface area contributed by atoms with Crippen molar-refractivity contribution in [3.05, 3.63) is 22.4 Å². The average molecular weight is 255 g/mol. The number of ketones is 1. The van der Waals surface area contributed by atoms with Crippen molar-refractivity contribution in [2.24, 2.45) is 0 Å². The van der Waals surface area contributed by atoms with Crippen LogP contribution in [0.1, 0.15) is 16.6 Å². The van der Waals surface area contributed by atoms with Crippen LogP contribution in [0.25, 0.3) is 0 Å². The van der Waals surface area contributed by atoms with Gasteiger partial charge in [0.1, 0.15) is 0 Å². The molecule has 1 saturated heterocycles. The molecule has 4 heteroatoms. The van der Waals surface area contributed by atoms with Crippen LogP contribution in [-0.4, -0.2) is 48.8 Å². The van der Waals surface area contributed by atoms with E-state index >= 15 is 0 Å². The van der Waals surface area contributed by atoms with Crippen molar-refractivity contribution in [2.75, 3.05) is 38.1 Å². The van der Waals surface area contributed by atoms with Gasteiger partial charge in [0.05, 0.1) is 11.4 Å². The Hall–Kier alpha value is -0.240. The Morgan fingerprint density at radius 1 is 1.50 bits per heavy atom. The van der Waals surface area contributed by atoms with Crippen LogP contribution in [0.3, 0.4) is 0 Å². The van der Waals surface area contributed by atoms with Gasteiger partial charge < -0.3 is 0 Å². The lowest BCUT2D eigenvalue weighted by Gasteiger charge is -2.31. The van der Waals surface area contributed by atoms with E-state index in [9.17, 15) is 4.79 Å². The normalized spacial score (nSPS) is 18.8. The molecule has 88 valence electrons. The van der Waals surface area contributed by atoms with Gasteiger partial charge in [-0.15, -0.1) is 19.3 Å². The van der Waals surface area contributed by atoms with Crippen LogP contribution < -0.4 is 0 Å². The molecule has 0 N–H and O–H groups in total. The van der Waals surface area contributed by atoms with E-state index in [1.807, 2.05) is 17.5 Å². The number of carbonyl (C=O) groups excluding carboxylic acids is 1. The van der Waals surface area contributed by atoms with Gasteiger partial charge in [-0.25, -0.2) is 0 Å². The first kappa shape index (κ1) is 12.2. The maximum atomic E-state index is 11.9. The SMILES string of the molecule is CCP1CCN(CC(=O)c2cccs2)CC1. The van der Waals surface area contributed by atoms with Crippen molar-refractivity contribution >= 4 is 25.0 Å². The highest BCUT2D eigenvalue weighted by atomic mass is 32.1.